The average molecular weight is 296 g/mol. The van der Waals surface area contributed by atoms with Crippen molar-refractivity contribution in [3.8, 4) is 11.8 Å². The Morgan fingerprint density at radius 2 is 1.95 bits per heavy atom. The molecule has 0 radical (unpaired) electrons. The van der Waals surface area contributed by atoms with Gasteiger partial charge in [-0.2, -0.15) is 13.2 Å². The van der Waals surface area contributed by atoms with E-state index in [1.807, 2.05) is 0 Å². The first-order chi connectivity index (χ1) is 9.93. The zero-order chi connectivity index (χ0) is 15.5. The van der Waals surface area contributed by atoms with Crippen LogP contribution in [0.5, 0.6) is 0 Å². The first-order valence-electron chi connectivity index (χ1n) is 7.00. The van der Waals surface area contributed by atoms with Gasteiger partial charge in [-0.05, 0) is 31.5 Å². The van der Waals surface area contributed by atoms with Crippen molar-refractivity contribution in [2.45, 2.75) is 32.0 Å². The molecular weight excluding hydrogens is 277 g/mol. The van der Waals surface area contributed by atoms with Crippen LogP contribution in [-0.4, -0.2) is 31.9 Å². The number of piperazine rings is 1. The Morgan fingerprint density at radius 3 is 2.52 bits per heavy atom. The summed E-state index contributed by atoms with van der Waals surface area (Å²) < 4.78 is 38.1. The molecule has 0 saturated carbocycles. The number of nitrogens with zero attached hydrogens (tertiary/aromatic N) is 1. The van der Waals surface area contributed by atoms with Crippen molar-refractivity contribution in [3.05, 3.63) is 29.8 Å². The fraction of sp³-hybridized carbons (Fsp3) is 0.500. The summed E-state index contributed by atoms with van der Waals surface area (Å²) in [6.07, 6.45) is -4.20. The number of rotatable bonds is 2. The van der Waals surface area contributed by atoms with Gasteiger partial charge >= 0.3 is 6.18 Å². The van der Waals surface area contributed by atoms with E-state index in [0.717, 1.165) is 25.3 Å². The van der Waals surface area contributed by atoms with Crippen LogP contribution in [0.15, 0.2) is 24.3 Å². The minimum Gasteiger partial charge on any atom is -0.355 e. The van der Waals surface area contributed by atoms with E-state index in [1.54, 1.807) is 31.2 Å². The molecule has 2 nitrogen and oxygen atoms in total. The topological polar surface area (TPSA) is 15.3 Å². The summed E-state index contributed by atoms with van der Waals surface area (Å²) >= 11 is 0. The molecule has 1 fully saturated rings. The van der Waals surface area contributed by atoms with Crippen molar-refractivity contribution >= 4 is 5.69 Å². The third kappa shape index (κ3) is 3.70. The fourth-order valence-electron chi connectivity index (χ4n) is 2.45. The van der Waals surface area contributed by atoms with Crippen LogP contribution >= 0.6 is 0 Å². The Kier molecular flexibility index (Phi) is 4.79. The summed E-state index contributed by atoms with van der Waals surface area (Å²) in [5.74, 6) is 4.59. The maximum atomic E-state index is 12.7. The molecule has 1 aromatic carbocycles. The number of benzene rings is 1. The number of hydrogen-bond donors (Lipinski definition) is 1. The average Bonchev–Trinajstić information content (AvgIpc) is 2.47. The second-order valence-corrected chi connectivity index (χ2v) is 5.16. The van der Waals surface area contributed by atoms with Crippen molar-refractivity contribution < 1.29 is 13.2 Å². The summed E-state index contributed by atoms with van der Waals surface area (Å²) in [5.41, 5.74) is 1.21. The van der Waals surface area contributed by atoms with Gasteiger partial charge in [-0.1, -0.05) is 18.1 Å². The number of hydrogen-bond acceptors (Lipinski definition) is 2. The Bertz CT molecular complexity index is 525. The number of nitrogens with one attached hydrogen (secondary N) is 1. The van der Waals surface area contributed by atoms with Gasteiger partial charge in [0.1, 0.15) is 6.04 Å². The highest BCUT2D eigenvalue weighted by atomic mass is 19.4. The first-order valence-corrected chi connectivity index (χ1v) is 7.00. The van der Waals surface area contributed by atoms with Crippen molar-refractivity contribution in [3.63, 3.8) is 0 Å². The van der Waals surface area contributed by atoms with Gasteiger partial charge in [0.2, 0.25) is 0 Å². The van der Waals surface area contributed by atoms with E-state index in [1.165, 1.54) is 6.92 Å². The summed E-state index contributed by atoms with van der Waals surface area (Å²) in [6.45, 7) is 5.39. The normalized spacial score (nSPS) is 20.6. The Balaban J connectivity index is 2.19. The predicted molar refractivity (Wildman–Crippen MR) is 78.4 cm³/mol. The third-order valence-corrected chi connectivity index (χ3v) is 3.77. The van der Waals surface area contributed by atoms with Gasteiger partial charge in [0.05, 0.1) is 5.92 Å². The summed E-state index contributed by atoms with van der Waals surface area (Å²) in [6, 6.07) is 6.70. The highest BCUT2D eigenvalue weighted by Gasteiger charge is 2.37. The molecular formula is C16H19F3N2. The minimum atomic E-state index is -4.20. The van der Waals surface area contributed by atoms with E-state index in [9.17, 15) is 13.2 Å². The molecule has 1 aliphatic rings. The zero-order valence-electron chi connectivity index (χ0n) is 12.2. The van der Waals surface area contributed by atoms with Gasteiger partial charge in [-0.15, -0.1) is 5.92 Å². The minimum absolute atomic E-state index is 0.0645. The highest BCUT2D eigenvalue weighted by Crippen LogP contribution is 2.35. The van der Waals surface area contributed by atoms with Gasteiger partial charge in [0.25, 0.3) is 0 Å². The van der Waals surface area contributed by atoms with Crippen molar-refractivity contribution in [2.24, 2.45) is 0 Å². The molecule has 0 spiro atoms. The Labute approximate surface area is 123 Å². The van der Waals surface area contributed by atoms with Crippen molar-refractivity contribution in [1.82, 2.24) is 5.32 Å². The van der Waals surface area contributed by atoms with Gasteiger partial charge in [-0.3, -0.25) is 0 Å². The van der Waals surface area contributed by atoms with E-state index < -0.39 is 12.1 Å². The smallest absolute Gasteiger partial charge is 0.355 e. The second kappa shape index (κ2) is 6.40. The molecule has 1 aliphatic heterocycles. The van der Waals surface area contributed by atoms with Crippen LogP contribution in [0.1, 0.15) is 25.3 Å². The number of alkyl halides is 3. The monoisotopic (exact) mass is 296 g/mol. The van der Waals surface area contributed by atoms with Crippen molar-refractivity contribution in [2.75, 3.05) is 24.5 Å². The van der Waals surface area contributed by atoms with Gasteiger partial charge < -0.3 is 10.2 Å². The summed E-state index contributed by atoms with van der Waals surface area (Å²) in [4.78, 5) is 2.13. The first kappa shape index (κ1) is 15.7. The molecule has 0 aliphatic carbocycles. The van der Waals surface area contributed by atoms with Crippen LogP contribution in [0.3, 0.4) is 0 Å². The van der Waals surface area contributed by atoms with E-state index in [2.05, 4.69) is 22.1 Å². The lowest BCUT2D eigenvalue weighted by atomic mass is 10.00. The van der Waals surface area contributed by atoms with Crippen LogP contribution in [0.4, 0.5) is 18.9 Å². The SMILES string of the molecule is CC#C[C@H]1CNCCN1c1ccc(C(C)C(F)(F)F)cc1. The summed E-state index contributed by atoms with van der Waals surface area (Å²) in [5, 5.41) is 3.28. The quantitative estimate of drug-likeness (QED) is 0.843. The highest BCUT2D eigenvalue weighted by molar-refractivity contribution is 5.51. The van der Waals surface area contributed by atoms with Crippen LogP contribution < -0.4 is 10.2 Å². The van der Waals surface area contributed by atoms with Crippen LogP contribution in [0, 0.1) is 11.8 Å². The molecule has 1 saturated heterocycles. The molecule has 0 amide bonds. The molecule has 5 heteroatoms. The second-order valence-electron chi connectivity index (χ2n) is 5.16. The Hall–Kier alpha value is -1.67. The molecule has 1 unspecified atom stereocenters. The van der Waals surface area contributed by atoms with Crippen LogP contribution in [0.25, 0.3) is 0 Å². The third-order valence-electron chi connectivity index (χ3n) is 3.77. The molecule has 0 aromatic heterocycles. The molecule has 1 aromatic rings. The van der Waals surface area contributed by atoms with Gasteiger partial charge in [0.15, 0.2) is 0 Å². The molecule has 0 bridgehead atoms. The zero-order valence-corrected chi connectivity index (χ0v) is 12.2. The standard InChI is InChI=1S/C16H19F3N2/c1-3-4-15-11-20-9-10-21(15)14-7-5-13(6-8-14)12(2)16(17,18)19/h5-8,12,15,20H,9-11H2,1-2H3/t12?,15-/m0/s1. The summed E-state index contributed by atoms with van der Waals surface area (Å²) in [7, 11) is 0. The maximum absolute atomic E-state index is 12.7. The Morgan fingerprint density at radius 1 is 1.29 bits per heavy atom. The van der Waals surface area contributed by atoms with E-state index in [4.69, 9.17) is 0 Å². The predicted octanol–water partition coefficient (Wildman–Crippen LogP) is 3.15. The van der Waals surface area contributed by atoms with E-state index >= 15 is 0 Å². The van der Waals surface area contributed by atoms with E-state index in [-0.39, 0.29) is 6.04 Å². The van der Waals surface area contributed by atoms with Crippen LogP contribution in [-0.2, 0) is 0 Å². The lowest BCUT2D eigenvalue weighted by Crippen LogP contribution is -2.50. The maximum Gasteiger partial charge on any atom is 0.395 e. The van der Waals surface area contributed by atoms with E-state index in [0.29, 0.717) is 5.56 Å². The molecule has 2 atom stereocenters. The molecule has 21 heavy (non-hydrogen) atoms. The fourth-order valence-corrected chi connectivity index (χ4v) is 2.45. The molecule has 1 heterocycles. The molecule has 1 N–H and O–H groups in total. The van der Waals surface area contributed by atoms with Gasteiger partial charge in [0, 0.05) is 25.3 Å². The van der Waals surface area contributed by atoms with Gasteiger partial charge in [-0.25, -0.2) is 0 Å². The lowest BCUT2D eigenvalue weighted by molar-refractivity contribution is -0.146. The van der Waals surface area contributed by atoms with Crippen molar-refractivity contribution in [1.29, 1.82) is 0 Å². The largest absolute Gasteiger partial charge is 0.395 e. The number of halogens is 3. The lowest BCUT2D eigenvalue weighted by Gasteiger charge is -2.35. The molecule has 2 rings (SSSR count). The van der Waals surface area contributed by atoms with Crippen LogP contribution in [0.2, 0.25) is 0 Å². The molecule has 114 valence electrons. The number of anilines is 1.